The summed E-state index contributed by atoms with van der Waals surface area (Å²) >= 11 is 5.89. The van der Waals surface area contributed by atoms with Crippen molar-refractivity contribution in [3.8, 4) is 17.3 Å². The molecular formula is C12H8ClN3. The molecule has 4 heteroatoms. The van der Waals surface area contributed by atoms with E-state index in [2.05, 4.69) is 16.0 Å². The van der Waals surface area contributed by atoms with Gasteiger partial charge in [-0.15, -0.1) is 0 Å². The van der Waals surface area contributed by atoms with Gasteiger partial charge in [0, 0.05) is 18.0 Å². The Balaban J connectivity index is 2.46. The lowest BCUT2D eigenvalue weighted by molar-refractivity contribution is 1.21. The molecule has 0 aromatic carbocycles. The van der Waals surface area contributed by atoms with Crippen molar-refractivity contribution < 1.29 is 0 Å². The first-order valence-corrected chi connectivity index (χ1v) is 5.11. The van der Waals surface area contributed by atoms with Crippen LogP contribution in [0.25, 0.3) is 11.3 Å². The van der Waals surface area contributed by atoms with Gasteiger partial charge in [-0.2, -0.15) is 5.26 Å². The third kappa shape index (κ3) is 2.36. The van der Waals surface area contributed by atoms with Gasteiger partial charge >= 0.3 is 0 Å². The Labute approximate surface area is 98.4 Å². The van der Waals surface area contributed by atoms with Crippen LogP contribution in [0.3, 0.4) is 0 Å². The Morgan fingerprint density at radius 1 is 1.38 bits per heavy atom. The van der Waals surface area contributed by atoms with Crippen molar-refractivity contribution in [3.63, 3.8) is 0 Å². The van der Waals surface area contributed by atoms with Crippen molar-refractivity contribution in [1.82, 2.24) is 9.97 Å². The number of pyridine rings is 2. The number of nitriles is 1. The minimum Gasteiger partial charge on any atom is -0.264 e. The molecule has 0 saturated carbocycles. The van der Waals surface area contributed by atoms with E-state index in [1.54, 1.807) is 18.5 Å². The van der Waals surface area contributed by atoms with Crippen LogP contribution in [-0.2, 0) is 6.42 Å². The average Bonchev–Trinajstić information content (AvgIpc) is 2.30. The van der Waals surface area contributed by atoms with Gasteiger partial charge in [-0.05, 0) is 29.8 Å². The summed E-state index contributed by atoms with van der Waals surface area (Å²) in [5.41, 5.74) is 2.50. The molecule has 2 rings (SSSR count). The third-order valence-corrected chi connectivity index (χ3v) is 2.29. The molecule has 0 unspecified atom stereocenters. The van der Waals surface area contributed by atoms with Gasteiger partial charge in [0.2, 0.25) is 0 Å². The molecule has 0 N–H and O–H groups in total. The highest BCUT2D eigenvalue weighted by atomic mass is 35.5. The molecule has 2 aromatic heterocycles. The molecule has 0 aliphatic carbocycles. The highest BCUT2D eigenvalue weighted by molar-refractivity contribution is 6.29. The smallest absolute Gasteiger partial charge is 0.130 e. The molecule has 0 amide bonds. The van der Waals surface area contributed by atoms with Crippen molar-refractivity contribution >= 4 is 11.6 Å². The van der Waals surface area contributed by atoms with Gasteiger partial charge < -0.3 is 0 Å². The molecule has 16 heavy (non-hydrogen) atoms. The quantitative estimate of drug-likeness (QED) is 0.744. The van der Waals surface area contributed by atoms with Crippen LogP contribution in [0.4, 0.5) is 0 Å². The molecule has 2 aromatic rings. The van der Waals surface area contributed by atoms with E-state index in [-0.39, 0.29) is 0 Å². The largest absolute Gasteiger partial charge is 0.264 e. The summed E-state index contributed by atoms with van der Waals surface area (Å²) in [6, 6.07) is 9.38. The Bertz CT molecular complexity index is 532. The fourth-order valence-electron chi connectivity index (χ4n) is 1.41. The molecule has 0 fully saturated rings. The normalized spacial score (nSPS) is 9.75. The zero-order valence-corrected chi connectivity index (χ0v) is 9.15. The second kappa shape index (κ2) is 4.73. The van der Waals surface area contributed by atoms with Crippen LogP contribution in [0.5, 0.6) is 0 Å². The van der Waals surface area contributed by atoms with Gasteiger partial charge in [-0.3, -0.25) is 4.98 Å². The van der Waals surface area contributed by atoms with Gasteiger partial charge in [0.25, 0.3) is 0 Å². The molecule has 0 bridgehead atoms. The molecular weight excluding hydrogens is 222 g/mol. The molecule has 0 spiro atoms. The van der Waals surface area contributed by atoms with Crippen molar-refractivity contribution in [2.75, 3.05) is 0 Å². The van der Waals surface area contributed by atoms with Crippen LogP contribution in [-0.4, -0.2) is 9.97 Å². The van der Waals surface area contributed by atoms with E-state index >= 15 is 0 Å². The second-order valence-corrected chi connectivity index (χ2v) is 3.65. The lowest BCUT2D eigenvalue weighted by atomic mass is 10.1. The van der Waals surface area contributed by atoms with Crippen LogP contribution >= 0.6 is 11.6 Å². The summed E-state index contributed by atoms with van der Waals surface area (Å²) in [5.74, 6) is 0. The highest BCUT2D eigenvalue weighted by Gasteiger charge is 2.03. The van der Waals surface area contributed by atoms with Crippen LogP contribution in [0, 0.1) is 11.3 Å². The maximum Gasteiger partial charge on any atom is 0.130 e. The summed E-state index contributed by atoms with van der Waals surface area (Å²) in [7, 11) is 0. The fraction of sp³-hybridized carbons (Fsp3) is 0.0833. The first-order chi connectivity index (χ1) is 7.79. The predicted molar refractivity (Wildman–Crippen MR) is 61.8 cm³/mol. The number of rotatable bonds is 2. The van der Waals surface area contributed by atoms with Crippen LogP contribution < -0.4 is 0 Å². The maximum atomic E-state index is 8.65. The Kier molecular flexibility index (Phi) is 3.13. The molecule has 78 valence electrons. The first-order valence-electron chi connectivity index (χ1n) is 4.73. The van der Waals surface area contributed by atoms with Gasteiger partial charge in [0.05, 0.1) is 18.2 Å². The van der Waals surface area contributed by atoms with Crippen molar-refractivity contribution in [3.05, 3.63) is 47.4 Å². The number of hydrogen-bond acceptors (Lipinski definition) is 3. The van der Waals surface area contributed by atoms with Crippen LogP contribution in [0.2, 0.25) is 5.15 Å². The number of halogens is 1. The molecule has 0 saturated heterocycles. The summed E-state index contributed by atoms with van der Waals surface area (Å²) in [6.07, 6.45) is 3.74. The summed E-state index contributed by atoms with van der Waals surface area (Å²) < 4.78 is 0. The second-order valence-electron chi connectivity index (χ2n) is 3.26. The van der Waals surface area contributed by atoms with E-state index in [4.69, 9.17) is 16.9 Å². The standard InChI is InChI=1S/C12H8ClN3/c13-12-7-9(3-4-14)6-11(16-12)10-2-1-5-15-8-10/h1-2,5-8H,3H2. The van der Waals surface area contributed by atoms with E-state index in [1.165, 1.54) is 0 Å². The number of hydrogen-bond donors (Lipinski definition) is 0. The molecule has 0 radical (unpaired) electrons. The topological polar surface area (TPSA) is 49.6 Å². The molecule has 2 heterocycles. The zero-order valence-electron chi connectivity index (χ0n) is 8.39. The van der Waals surface area contributed by atoms with Crippen molar-refractivity contribution in [1.29, 1.82) is 5.26 Å². The average molecular weight is 230 g/mol. The van der Waals surface area contributed by atoms with Gasteiger partial charge in [0.15, 0.2) is 0 Å². The van der Waals surface area contributed by atoms with E-state index in [0.29, 0.717) is 11.6 Å². The molecule has 0 atom stereocenters. The minimum atomic E-state index is 0.329. The molecule has 0 aliphatic rings. The highest BCUT2D eigenvalue weighted by Crippen LogP contribution is 2.20. The lowest BCUT2D eigenvalue weighted by Crippen LogP contribution is -1.89. The van der Waals surface area contributed by atoms with E-state index in [0.717, 1.165) is 16.8 Å². The monoisotopic (exact) mass is 229 g/mol. The SMILES string of the molecule is N#CCc1cc(Cl)nc(-c2cccnc2)c1. The number of aromatic nitrogens is 2. The summed E-state index contributed by atoms with van der Waals surface area (Å²) in [5, 5.41) is 9.04. The zero-order chi connectivity index (χ0) is 11.4. The summed E-state index contributed by atoms with van der Waals surface area (Å²) in [4.78, 5) is 8.22. The van der Waals surface area contributed by atoms with Gasteiger partial charge in [-0.25, -0.2) is 4.98 Å². The molecule has 3 nitrogen and oxygen atoms in total. The van der Waals surface area contributed by atoms with Crippen LogP contribution in [0.15, 0.2) is 36.7 Å². The predicted octanol–water partition coefficient (Wildman–Crippen LogP) is 2.86. The summed E-state index contributed by atoms with van der Waals surface area (Å²) in [6.45, 7) is 0. The van der Waals surface area contributed by atoms with E-state index < -0.39 is 0 Å². The van der Waals surface area contributed by atoms with Crippen molar-refractivity contribution in [2.45, 2.75) is 6.42 Å². The Morgan fingerprint density at radius 2 is 2.25 bits per heavy atom. The van der Waals surface area contributed by atoms with Gasteiger partial charge in [0.1, 0.15) is 5.15 Å². The van der Waals surface area contributed by atoms with E-state index in [1.807, 2.05) is 18.2 Å². The molecule has 0 aliphatic heterocycles. The Morgan fingerprint density at radius 3 is 2.94 bits per heavy atom. The third-order valence-electron chi connectivity index (χ3n) is 2.09. The van der Waals surface area contributed by atoms with E-state index in [9.17, 15) is 0 Å². The van der Waals surface area contributed by atoms with Crippen molar-refractivity contribution in [2.24, 2.45) is 0 Å². The minimum absolute atomic E-state index is 0.329. The van der Waals surface area contributed by atoms with Crippen LogP contribution in [0.1, 0.15) is 5.56 Å². The first kappa shape index (κ1) is 10.6. The maximum absolute atomic E-state index is 8.65. The fourth-order valence-corrected chi connectivity index (χ4v) is 1.64. The Hall–Kier alpha value is -1.92. The number of nitrogens with zero attached hydrogens (tertiary/aromatic N) is 3. The lowest BCUT2D eigenvalue weighted by Gasteiger charge is -2.03. The van der Waals surface area contributed by atoms with Gasteiger partial charge in [-0.1, -0.05) is 11.6 Å².